The average molecular weight is 604 g/mol. The van der Waals surface area contributed by atoms with E-state index in [-0.39, 0.29) is 45.6 Å². The van der Waals surface area contributed by atoms with Crippen LogP contribution in [0.3, 0.4) is 0 Å². The number of nitrogens with zero attached hydrogens (tertiary/aromatic N) is 6. The lowest BCUT2D eigenvalue weighted by Crippen LogP contribution is -2.47. The van der Waals surface area contributed by atoms with Crippen LogP contribution in [-0.4, -0.2) is 57.2 Å². The molecule has 0 spiro atoms. The molecule has 0 saturated heterocycles. The number of aromatic nitrogens is 3. The number of hydrazine groups is 1. The van der Waals surface area contributed by atoms with Crippen LogP contribution in [0, 0.1) is 18.3 Å². The average Bonchev–Trinajstić information content (AvgIpc) is 3.36. The van der Waals surface area contributed by atoms with E-state index in [0.29, 0.717) is 12.0 Å². The predicted octanol–water partition coefficient (Wildman–Crippen LogP) is 4.76. The Morgan fingerprint density at radius 2 is 2.02 bits per heavy atom. The quantitative estimate of drug-likeness (QED) is 0.212. The zero-order valence-electron chi connectivity index (χ0n) is 23.3. The fourth-order valence-corrected chi connectivity index (χ4v) is 3.93. The number of nitriles is 1. The molecule has 2 aromatic heterocycles. The third-order valence-corrected chi connectivity index (χ3v) is 6.19. The third kappa shape index (κ3) is 7.83. The highest BCUT2D eigenvalue weighted by Gasteiger charge is 2.37. The second-order valence-electron chi connectivity index (χ2n) is 9.14. The summed E-state index contributed by atoms with van der Waals surface area (Å²) in [6.07, 6.45) is -0.360. The van der Waals surface area contributed by atoms with Crippen LogP contribution in [0.25, 0.3) is 5.82 Å². The molecule has 0 fully saturated rings. The number of pyridine rings is 1. The Kier molecular flexibility index (Phi) is 10.6. The molecule has 1 unspecified atom stereocenters. The minimum absolute atomic E-state index is 0.0614. The zero-order valence-corrected chi connectivity index (χ0v) is 24.0. The molecule has 0 bridgehead atoms. The summed E-state index contributed by atoms with van der Waals surface area (Å²) in [6.45, 7) is 4.23. The highest BCUT2D eigenvalue weighted by Crippen LogP contribution is 2.26. The first-order valence-corrected chi connectivity index (χ1v) is 13.2. The fourth-order valence-electron chi connectivity index (χ4n) is 3.73. The summed E-state index contributed by atoms with van der Waals surface area (Å²) >= 11 is 6.35. The molecule has 11 nitrogen and oxygen atoms in total. The van der Waals surface area contributed by atoms with Gasteiger partial charge in [-0.15, -0.1) is 0 Å². The third-order valence-electron chi connectivity index (χ3n) is 5.89. The molecule has 0 aliphatic heterocycles. The van der Waals surface area contributed by atoms with Gasteiger partial charge in [-0.1, -0.05) is 24.9 Å². The number of unbranched alkanes of at least 4 members (excludes halogenated alkanes) is 1. The summed E-state index contributed by atoms with van der Waals surface area (Å²) in [5, 5.41) is 24.2. The lowest BCUT2D eigenvalue weighted by atomic mass is 10.0. The van der Waals surface area contributed by atoms with Gasteiger partial charge >= 0.3 is 6.18 Å². The Morgan fingerprint density at radius 1 is 1.29 bits per heavy atom. The van der Waals surface area contributed by atoms with E-state index in [9.17, 15) is 28.0 Å². The van der Waals surface area contributed by atoms with E-state index in [1.165, 1.54) is 43.7 Å². The van der Waals surface area contributed by atoms with Crippen LogP contribution in [-0.2, 0) is 6.54 Å². The van der Waals surface area contributed by atoms with Crippen LogP contribution in [0.1, 0.15) is 64.4 Å². The highest BCUT2D eigenvalue weighted by atomic mass is 35.5. The van der Waals surface area contributed by atoms with Gasteiger partial charge in [-0.3, -0.25) is 9.59 Å². The summed E-state index contributed by atoms with van der Waals surface area (Å²) in [7, 11) is 1.41. The number of hydrazone groups is 1. The van der Waals surface area contributed by atoms with Gasteiger partial charge in [0.2, 0.25) is 0 Å². The summed E-state index contributed by atoms with van der Waals surface area (Å²) in [6, 6.07) is 7.40. The van der Waals surface area contributed by atoms with E-state index in [1.807, 2.05) is 13.0 Å². The molecule has 3 N–H and O–H groups in total. The second kappa shape index (κ2) is 13.9. The summed E-state index contributed by atoms with van der Waals surface area (Å²) in [4.78, 5) is 30.4. The van der Waals surface area contributed by atoms with E-state index >= 15 is 0 Å². The molecular formula is C27H29ClF3N9O2. The van der Waals surface area contributed by atoms with Gasteiger partial charge in [0.05, 0.1) is 40.1 Å². The topological polar surface area (TPSA) is 140 Å². The minimum Gasteiger partial charge on any atom is -0.355 e. The number of halogens is 4. The van der Waals surface area contributed by atoms with Crippen LogP contribution in [0.2, 0.25) is 5.02 Å². The molecule has 0 saturated carbocycles. The maximum Gasteiger partial charge on any atom is 0.405 e. The number of nitrogens with one attached hydrogen (secondary N) is 3. The largest absolute Gasteiger partial charge is 0.405 e. The number of anilines is 1. The normalized spacial score (nSPS) is 12.2. The first kappa shape index (κ1) is 32.0. The van der Waals surface area contributed by atoms with Crippen molar-refractivity contribution in [2.24, 2.45) is 5.10 Å². The molecule has 222 valence electrons. The van der Waals surface area contributed by atoms with Gasteiger partial charge < -0.3 is 10.6 Å². The Bertz CT molecular complexity index is 1520. The number of aryl methyl sites for hydroxylation is 1. The SMILES string of the molecule is CCC/C=N/N(Cc1cc(C(=O)Nc2c(C)cc(C#N)cc2C(=O)NC)n(-c2ncccc2Cl)n1)NC(C)C(F)(F)F. The van der Waals surface area contributed by atoms with Crippen LogP contribution >= 0.6 is 11.6 Å². The summed E-state index contributed by atoms with van der Waals surface area (Å²) < 4.78 is 41.0. The number of carbonyl (C=O) groups excluding carboxylic acids is 2. The molecule has 0 aliphatic carbocycles. The van der Waals surface area contributed by atoms with E-state index < -0.39 is 24.0 Å². The number of carbonyl (C=O) groups is 2. The van der Waals surface area contributed by atoms with E-state index in [0.717, 1.165) is 23.1 Å². The zero-order chi connectivity index (χ0) is 31.0. The molecule has 1 aromatic carbocycles. The Balaban J connectivity index is 2.07. The van der Waals surface area contributed by atoms with Crippen molar-refractivity contribution in [1.29, 1.82) is 5.26 Å². The number of hydrogen-bond donors (Lipinski definition) is 3. The molecule has 0 aliphatic rings. The monoisotopic (exact) mass is 603 g/mol. The van der Waals surface area contributed by atoms with Crippen molar-refractivity contribution in [3.8, 4) is 11.9 Å². The molecule has 2 amide bonds. The lowest BCUT2D eigenvalue weighted by molar-refractivity contribution is -0.164. The van der Waals surface area contributed by atoms with Crippen molar-refractivity contribution in [1.82, 2.24) is 30.6 Å². The van der Waals surface area contributed by atoms with Crippen molar-refractivity contribution in [3.05, 3.63) is 69.6 Å². The Hall–Kier alpha value is -4.48. The first-order valence-electron chi connectivity index (χ1n) is 12.8. The van der Waals surface area contributed by atoms with Crippen molar-refractivity contribution in [3.63, 3.8) is 0 Å². The molecule has 42 heavy (non-hydrogen) atoms. The predicted molar refractivity (Wildman–Crippen MR) is 151 cm³/mol. The van der Waals surface area contributed by atoms with Crippen molar-refractivity contribution in [2.75, 3.05) is 12.4 Å². The van der Waals surface area contributed by atoms with Crippen LogP contribution < -0.4 is 16.1 Å². The number of alkyl halides is 3. The number of amides is 2. The van der Waals surface area contributed by atoms with Gasteiger partial charge in [0.15, 0.2) is 5.82 Å². The smallest absolute Gasteiger partial charge is 0.355 e. The van der Waals surface area contributed by atoms with E-state index in [2.05, 4.69) is 31.2 Å². The molecule has 3 aromatic rings. The molecule has 3 rings (SSSR count). The van der Waals surface area contributed by atoms with Gasteiger partial charge in [0.1, 0.15) is 11.7 Å². The number of benzene rings is 1. The van der Waals surface area contributed by atoms with Crippen molar-refractivity contribution in [2.45, 2.75) is 52.4 Å². The van der Waals surface area contributed by atoms with Crippen LogP contribution in [0.5, 0.6) is 0 Å². The fraction of sp³-hybridized carbons (Fsp3) is 0.333. The molecule has 1 atom stereocenters. The Labute approximate surface area is 245 Å². The maximum absolute atomic E-state index is 13.7. The minimum atomic E-state index is -4.54. The molecule has 2 heterocycles. The lowest BCUT2D eigenvalue weighted by Gasteiger charge is -2.25. The molecule has 0 radical (unpaired) electrons. The van der Waals surface area contributed by atoms with E-state index in [1.54, 1.807) is 13.0 Å². The summed E-state index contributed by atoms with van der Waals surface area (Å²) in [5.74, 6) is -1.15. The van der Waals surface area contributed by atoms with Crippen molar-refractivity contribution >= 4 is 35.3 Å². The van der Waals surface area contributed by atoms with Gasteiger partial charge in [-0.05, 0) is 56.2 Å². The number of hydrogen-bond acceptors (Lipinski definition) is 8. The highest BCUT2D eigenvalue weighted by molar-refractivity contribution is 6.32. The van der Waals surface area contributed by atoms with Crippen LogP contribution in [0.4, 0.5) is 18.9 Å². The van der Waals surface area contributed by atoms with Gasteiger partial charge in [-0.2, -0.15) is 28.6 Å². The standard InChI is InChI=1S/C27H29ClF3N9O2/c1-5-6-10-35-39(37-17(3)27(29,30)31)15-19-13-22(40(38-19)24-21(28)8-7-9-34-24)26(42)36-23-16(2)11-18(14-32)12-20(23)25(41)33-4/h7-13,17,37H,5-6,15H2,1-4H3,(H,33,41)(H,36,42)/b35-10+. The van der Waals surface area contributed by atoms with E-state index in [4.69, 9.17) is 11.6 Å². The number of rotatable bonds is 11. The Morgan fingerprint density at radius 3 is 2.64 bits per heavy atom. The summed E-state index contributed by atoms with van der Waals surface area (Å²) in [5.41, 5.74) is 3.29. The second-order valence-corrected chi connectivity index (χ2v) is 9.55. The van der Waals surface area contributed by atoms with Crippen molar-refractivity contribution < 1.29 is 22.8 Å². The van der Waals surface area contributed by atoms with Crippen LogP contribution in [0.15, 0.2) is 41.6 Å². The van der Waals surface area contributed by atoms with Gasteiger partial charge in [0, 0.05) is 19.5 Å². The molecular weight excluding hydrogens is 575 g/mol. The van der Waals surface area contributed by atoms with Gasteiger partial charge in [0.25, 0.3) is 11.8 Å². The maximum atomic E-state index is 13.7. The molecule has 15 heteroatoms. The van der Waals surface area contributed by atoms with Gasteiger partial charge in [-0.25, -0.2) is 20.2 Å². The first-order chi connectivity index (χ1) is 19.9.